The Morgan fingerprint density at radius 1 is 1.11 bits per heavy atom. The number of benzene rings is 1. The standard InChI is InChI=1S/C13H16N4O/c18-10-13-9-17(15-14-13)6-5-16-7-11-3-1-2-4-12(11)8-16/h1-4,9,18H,5-8,10H2. The topological polar surface area (TPSA) is 54.2 Å². The van der Waals surface area contributed by atoms with Crippen molar-refractivity contribution in [2.45, 2.75) is 26.2 Å². The molecule has 0 atom stereocenters. The summed E-state index contributed by atoms with van der Waals surface area (Å²) < 4.78 is 1.79. The molecule has 0 spiro atoms. The molecule has 94 valence electrons. The van der Waals surface area contributed by atoms with Gasteiger partial charge in [0.25, 0.3) is 0 Å². The van der Waals surface area contributed by atoms with E-state index in [2.05, 4.69) is 39.5 Å². The average Bonchev–Trinajstić information content (AvgIpc) is 3.02. The molecule has 5 nitrogen and oxygen atoms in total. The van der Waals surface area contributed by atoms with Crippen LogP contribution in [-0.4, -0.2) is 31.5 Å². The maximum absolute atomic E-state index is 8.92. The fourth-order valence-corrected chi connectivity index (χ4v) is 2.33. The molecule has 5 heteroatoms. The third kappa shape index (κ3) is 2.27. The first-order valence-corrected chi connectivity index (χ1v) is 6.14. The number of aromatic nitrogens is 3. The summed E-state index contributed by atoms with van der Waals surface area (Å²) in [5, 5.41) is 16.8. The Balaban J connectivity index is 1.57. The molecule has 1 aliphatic heterocycles. The second kappa shape index (κ2) is 4.88. The lowest BCUT2D eigenvalue weighted by molar-refractivity contribution is 0.265. The SMILES string of the molecule is OCc1cn(CCN2Cc3ccccc3C2)nn1. The van der Waals surface area contributed by atoms with Crippen molar-refractivity contribution in [3.8, 4) is 0 Å². The molecule has 0 bridgehead atoms. The zero-order valence-corrected chi connectivity index (χ0v) is 10.2. The van der Waals surface area contributed by atoms with Crippen LogP contribution >= 0.6 is 0 Å². The molecule has 1 aromatic heterocycles. The Kier molecular flexibility index (Phi) is 3.08. The first-order valence-electron chi connectivity index (χ1n) is 6.14. The van der Waals surface area contributed by atoms with Crippen molar-refractivity contribution in [2.75, 3.05) is 6.54 Å². The van der Waals surface area contributed by atoms with Crippen LogP contribution in [0.3, 0.4) is 0 Å². The number of nitrogens with zero attached hydrogens (tertiary/aromatic N) is 4. The number of rotatable bonds is 4. The van der Waals surface area contributed by atoms with Crippen LogP contribution in [0.15, 0.2) is 30.5 Å². The zero-order chi connectivity index (χ0) is 12.4. The molecule has 0 fully saturated rings. The van der Waals surface area contributed by atoms with Crippen molar-refractivity contribution in [3.05, 3.63) is 47.3 Å². The monoisotopic (exact) mass is 244 g/mol. The highest BCUT2D eigenvalue weighted by Gasteiger charge is 2.17. The van der Waals surface area contributed by atoms with Crippen LogP contribution in [0, 0.1) is 0 Å². The van der Waals surface area contributed by atoms with E-state index >= 15 is 0 Å². The van der Waals surface area contributed by atoms with E-state index in [1.165, 1.54) is 11.1 Å². The minimum absolute atomic E-state index is 0.0465. The van der Waals surface area contributed by atoms with E-state index in [0.717, 1.165) is 26.2 Å². The van der Waals surface area contributed by atoms with Crippen molar-refractivity contribution < 1.29 is 5.11 Å². The maximum atomic E-state index is 8.92. The van der Waals surface area contributed by atoms with Crippen molar-refractivity contribution in [1.29, 1.82) is 0 Å². The molecular formula is C13H16N4O. The van der Waals surface area contributed by atoms with Gasteiger partial charge in [-0.1, -0.05) is 29.5 Å². The number of fused-ring (bicyclic) bond motifs is 1. The summed E-state index contributed by atoms with van der Waals surface area (Å²) in [4.78, 5) is 2.39. The highest BCUT2D eigenvalue weighted by molar-refractivity contribution is 5.30. The van der Waals surface area contributed by atoms with Crippen molar-refractivity contribution in [3.63, 3.8) is 0 Å². The normalized spacial score (nSPS) is 14.9. The number of aliphatic hydroxyl groups excluding tert-OH is 1. The lowest BCUT2D eigenvalue weighted by Crippen LogP contribution is -2.22. The maximum Gasteiger partial charge on any atom is 0.108 e. The van der Waals surface area contributed by atoms with Crippen LogP contribution in [0.4, 0.5) is 0 Å². The summed E-state index contributed by atoms with van der Waals surface area (Å²) in [6.07, 6.45) is 1.79. The van der Waals surface area contributed by atoms with Crippen LogP contribution in [0.1, 0.15) is 16.8 Å². The summed E-state index contributed by atoms with van der Waals surface area (Å²) in [7, 11) is 0. The van der Waals surface area contributed by atoms with Crippen LogP contribution in [0.25, 0.3) is 0 Å². The summed E-state index contributed by atoms with van der Waals surface area (Å²) >= 11 is 0. The van der Waals surface area contributed by atoms with E-state index in [1.54, 1.807) is 10.9 Å². The van der Waals surface area contributed by atoms with Gasteiger partial charge in [0.1, 0.15) is 5.69 Å². The predicted octanol–water partition coefficient (Wildman–Crippen LogP) is 0.786. The summed E-state index contributed by atoms with van der Waals surface area (Å²) in [6.45, 7) is 3.73. The van der Waals surface area contributed by atoms with Gasteiger partial charge in [-0.05, 0) is 11.1 Å². The van der Waals surface area contributed by atoms with E-state index in [9.17, 15) is 0 Å². The van der Waals surface area contributed by atoms with Gasteiger partial charge in [0.05, 0.1) is 19.3 Å². The fraction of sp³-hybridized carbons (Fsp3) is 0.385. The average molecular weight is 244 g/mol. The van der Waals surface area contributed by atoms with E-state index in [0.29, 0.717) is 5.69 Å². The zero-order valence-electron chi connectivity index (χ0n) is 10.2. The lowest BCUT2D eigenvalue weighted by atomic mass is 10.1. The second-order valence-electron chi connectivity index (χ2n) is 4.61. The molecule has 0 aliphatic carbocycles. The first kappa shape index (κ1) is 11.4. The van der Waals surface area contributed by atoms with Crippen LogP contribution in [0.5, 0.6) is 0 Å². The molecule has 0 unspecified atom stereocenters. The fourth-order valence-electron chi connectivity index (χ4n) is 2.33. The second-order valence-corrected chi connectivity index (χ2v) is 4.61. The van der Waals surface area contributed by atoms with Crippen LogP contribution in [0.2, 0.25) is 0 Å². The molecule has 0 saturated carbocycles. The number of hydrogen-bond donors (Lipinski definition) is 1. The number of hydrogen-bond acceptors (Lipinski definition) is 4. The van der Waals surface area contributed by atoms with E-state index in [-0.39, 0.29) is 6.61 Å². The minimum Gasteiger partial charge on any atom is -0.390 e. The van der Waals surface area contributed by atoms with Crippen LogP contribution in [-0.2, 0) is 26.2 Å². The molecule has 0 saturated heterocycles. The third-order valence-electron chi connectivity index (χ3n) is 3.30. The molecule has 3 rings (SSSR count). The summed E-state index contributed by atoms with van der Waals surface area (Å²) in [6, 6.07) is 8.56. The lowest BCUT2D eigenvalue weighted by Gasteiger charge is -2.13. The molecule has 0 radical (unpaired) electrons. The summed E-state index contributed by atoms with van der Waals surface area (Å²) in [5.41, 5.74) is 3.47. The Hall–Kier alpha value is -1.72. The molecular weight excluding hydrogens is 228 g/mol. The van der Waals surface area contributed by atoms with Gasteiger partial charge < -0.3 is 5.11 Å². The van der Waals surface area contributed by atoms with Crippen molar-refractivity contribution >= 4 is 0 Å². The van der Waals surface area contributed by atoms with Crippen molar-refractivity contribution in [2.24, 2.45) is 0 Å². The van der Waals surface area contributed by atoms with Gasteiger partial charge in [0.2, 0.25) is 0 Å². The smallest absolute Gasteiger partial charge is 0.108 e. The first-order chi connectivity index (χ1) is 8.85. The molecule has 2 heterocycles. The third-order valence-corrected chi connectivity index (χ3v) is 3.30. The predicted molar refractivity (Wildman–Crippen MR) is 66.5 cm³/mol. The van der Waals surface area contributed by atoms with Gasteiger partial charge in [-0.3, -0.25) is 9.58 Å². The van der Waals surface area contributed by atoms with Gasteiger partial charge in [-0.15, -0.1) is 5.10 Å². The van der Waals surface area contributed by atoms with Gasteiger partial charge in [0.15, 0.2) is 0 Å². The van der Waals surface area contributed by atoms with Gasteiger partial charge >= 0.3 is 0 Å². The molecule has 1 aromatic carbocycles. The molecule has 2 aromatic rings. The largest absolute Gasteiger partial charge is 0.390 e. The summed E-state index contributed by atoms with van der Waals surface area (Å²) in [5.74, 6) is 0. The molecule has 1 N–H and O–H groups in total. The molecule has 0 amide bonds. The van der Waals surface area contributed by atoms with Gasteiger partial charge in [-0.25, -0.2) is 0 Å². The van der Waals surface area contributed by atoms with E-state index in [1.807, 2.05) is 0 Å². The van der Waals surface area contributed by atoms with E-state index < -0.39 is 0 Å². The molecule has 18 heavy (non-hydrogen) atoms. The van der Waals surface area contributed by atoms with Gasteiger partial charge in [-0.2, -0.15) is 0 Å². The molecule has 1 aliphatic rings. The quantitative estimate of drug-likeness (QED) is 0.863. The Morgan fingerprint density at radius 2 is 1.83 bits per heavy atom. The Bertz CT molecular complexity index is 512. The van der Waals surface area contributed by atoms with Crippen molar-refractivity contribution in [1.82, 2.24) is 19.9 Å². The highest BCUT2D eigenvalue weighted by Crippen LogP contribution is 2.21. The number of aliphatic hydroxyl groups is 1. The van der Waals surface area contributed by atoms with Gasteiger partial charge in [0, 0.05) is 19.6 Å². The van der Waals surface area contributed by atoms with E-state index in [4.69, 9.17) is 5.11 Å². The highest BCUT2D eigenvalue weighted by atomic mass is 16.3. The Morgan fingerprint density at radius 3 is 2.44 bits per heavy atom. The Labute approximate surface area is 106 Å². The van der Waals surface area contributed by atoms with Crippen LogP contribution < -0.4 is 0 Å². The minimum atomic E-state index is -0.0465.